The quantitative estimate of drug-likeness (QED) is 0.459. The zero-order chi connectivity index (χ0) is 14.4. The molecule has 0 saturated carbocycles. The van der Waals surface area contributed by atoms with Gasteiger partial charge in [0.15, 0.2) is 5.71 Å². The van der Waals surface area contributed by atoms with E-state index in [1.807, 2.05) is 6.07 Å². The van der Waals surface area contributed by atoms with E-state index < -0.39 is 5.97 Å². The number of carbonyl (C=O) groups is 1. The molecular weight excluding hydrogens is 383 g/mol. The summed E-state index contributed by atoms with van der Waals surface area (Å²) in [7, 11) is 1.70. The number of hydrogen-bond donors (Lipinski definition) is 2. The van der Waals surface area contributed by atoms with E-state index >= 15 is 0 Å². The number of carboxylic acids is 1. The molecule has 0 amide bonds. The number of guanidine groups is 1. The summed E-state index contributed by atoms with van der Waals surface area (Å²) in [6.45, 7) is 1.56. The first-order valence-electron chi connectivity index (χ1n) is 6.58. The highest BCUT2D eigenvalue weighted by atomic mass is 127. The molecule has 6 nitrogen and oxygen atoms in total. The van der Waals surface area contributed by atoms with E-state index in [-0.39, 0.29) is 29.7 Å². The van der Waals surface area contributed by atoms with Crippen LogP contribution in [0.5, 0.6) is 0 Å². The van der Waals surface area contributed by atoms with E-state index in [0.717, 1.165) is 25.9 Å². The second-order valence-electron chi connectivity index (χ2n) is 4.48. The molecule has 7 heteroatoms. The van der Waals surface area contributed by atoms with E-state index in [2.05, 4.69) is 15.4 Å². The van der Waals surface area contributed by atoms with Gasteiger partial charge in [0.2, 0.25) is 5.96 Å². The lowest BCUT2D eigenvalue weighted by atomic mass is 10.1. The van der Waals surface area contributed by atoms with Crippen LogP contribution in [0.15, 0.2) is 40.4 Å². The minimum atomic E-state index is -1.06. The first kappa shape index (κ1) is 17.4. The zero-order valence-corrected chi connectivity index (χ0v) is 14.2. The molecule has 21 heavy (non-hydrogen) atoms. The van der Waals surface area contributed by atoms with Crippen LogP contribution in [0, 0.1) is 0 Å². The van der Waals surface area contributed by atoms with Crippen molar-refractivity contribution < 1.29 is 9.90 Å². The molecule has 0 bridgehead atoms. The number of aliphatic carboxylic acids is 1. The van der Waals surface area contributed by atoms with Crippen LogP contribution in [-0.2, 0) is 4.79 Å². The molecule has 0 aliphatic carbocycles. The van der Waals surface area contributed by atoms with Crippen LogP contribution in [0.1, 0.15) is 18.4 Å². The fraction of sp³-hybridized carbons (Fsp3) is 0.357. The van der Waals surface area contributed by atoms with Crippen molar-refractivity contribution in [2.75, 3.05) is 20.1 Å². The first-order chi connectivity index (χ1) is 9.68. The molecule has 0 unspecified atom stereocenters. The summed E-state index contributed by atoms with van der Waals surface area (Å²) in [5.74, 6) is -0.450. The molecule has 1 heterocycles. The van der Waals surface area contributed by atoms with Gasteiger partial charge in [0, 0.05) is 25.7 Å². The van der Waals surface area contributed by atoms with Gasteiger partial charge in [0.25, 0.3) is 0 Å². The predicted octanol–water partition coefficient (Wildman–Crippen LogP) is 1.76. The normalized spacial score (nSPS) is 15.1. The summed E-state index contributed by atoms with van der Waals surface area (Å²) in [5, 5.41) is 18.1. The predicted molar refractivity (Wildman–Crippen MR) is 93.3 cm³/mol. The number of hydrogen-bond acceptors (Lipinski definition) is 5. The number of benzene rings is 1. The highest BCUT2D eigenvalue weighted by Gasteiger charge is 2.15. The van der Waals surface area contributed by atoms with Crippen LogP contribution >= 0.6 is 24.0 Å². The van der Waals surface area contributed by atoms with Crippen LogP contribution in [-0.4, -0.2) is 47.9 Å². The van der Waals surface area contributed by atoms with Crippen LogP contribution in [0.4, 0.5) is 0 Å². The summed E-state index contributed by atoms with van der Waals surface area (Å²) in [6, 6.07) is 8.86. The van der Waals surface area contributed by atoms with Crippen molar-refractivity contribution in [3.63, 3.8) is 0 Å². The summed E-state index contributed by atoms with van der Waals surface area (Å²) >= 11 is 0. The Bertz CT molecular complexity index is 531. The Balaban J connectivity index is 0.00000220. The Morgan fingerprint density at radius 3 is 2.71 bits per heavy atom. The molecule has 1 aromatic rings. The molecule has 2 rings (SSSR count). The highest BCUT2D eigenvalue weighted by Crippen LogP contribution is 2.04. The van der Waals surface area contributed by atoms with Crippen LogP contribution in [0.25, 0.3) is 0 Å². The molecule has 1 aliphatic rings. The summed E-state index contributed by atoms with van der Waals surface area (Å²) in [6.07, 6.45) is 2.08. The second kappa shape index (κ2) is 8.60. The molecule has 1 aromatic carbocycles. The number of nitrogens with zero attached hydrogens (tertiary/aromatic N) is 3. The van der Waals surface area contributed by atoms with Crippen molar-refractivity contribution in [3.05, 3.63) is 35.9 Å². The van der Waals surface area contributed by atoms with E-state index in [4.69, 9.17) is 0 Å². The molecule has 2 N–H and O–H groups in total. The van der Waals surface area contributed by atoms with Gasteiger partial charge in [0.05, 0.1) is 0 Å². The van der Waals surface area contributed by atoms with Crippen LogP contribution in [0.2, 0.25) is 0 Å². The third-order valence-electron chi connectivity index (χ3n) is 2.94. The molecule has 0 fully saturated rings. The average molecular weight is 402 g/mol. The van der Waals surface area contributed by atoms with Gasteiger partial charge in [-0.3, -0.25) is 4.99 Å². The van der Waals surface area contributed by atoms with Crippen molar-refractivity contribution in [1.29, 1.82) is 0 Å². The Morgan fingerprint density at radius 2 is 2.05 bits per heavy atom. The summed E-state index contributed by atoms with van der Waals surface area (Å²) in [4.78, 5) is 15.7. The Labute approximate surface area is 141 Å². The van der Waals surface area contributed by atoms with E-state index in [1.165, 1.54) is 5.01 Å². The molecular formula is C14H19IN4O2. The van der Waals surface area contributed by atoms with E-state index in [9.17, 15) is 9.90 Å². The minimum absolute atomic E-state index is 0. The molecule has 0 spiro atoms. The lowest BCUT2D eigenvalue weighted by Gasteiger charge is -2.17. The van der Waals surface area contributed by atoms with Crippen molar-refractivity contribution in [1.82, 2.24) is 10.3 Å². The van der Waals surface area contributed by atoms with Gasteiger partial charge in [-0.05, 0) is 12.8 Å². The van der Waals surface area contributed by atoms with Crippen LogP contribution < -0.4 is 5.32 Å². The average Bonchev–Trinajstić information content (AvgIpc) is 2.74. The number of hydrazone groups is 1. The van der Waals surface area contributed by atoms with Gasteiger partial charge >= 0.3 is 5.97 Å². The highest BCUT2D eigenvalue weighted by molar-refractivity contribution is 14.0. The third-order valence-corrected chi connectivity index (χ3v) is 2.94. The SMILES string of the molecule is CN(/N=C(\C(=O)O)c1ccccc1)C1=NCCCCN1.I. The number of aliphatic imine (C=N–C) groups is 1. The molecule has 0 radical (unpaired) electrons. The fourth-order valence-electron chi connectivity index (χ4n) is 1.91. The largest absolute Gasteiger partial charge is 0.476 e. The standard InChI is InChI=1S/C14H18N4O2.HI/c1-18(14-15-9-5-6-10-16-14)17-12(13(19)20)11-7-3-2-4-8-11;/h2-4,7-8H,5-6,9-10H2,1H3,(H,15,16)(H,19,20);1H/b17-12-;. The number of halogens is 1. The molecule has 1 aliphatic heterocycles. The van der Waals surface area contributed by atoms with Gasteiger partial charge < -0.3 is 10.4 Å². The number of nitrogens with one attached hydrogen (secondary N) is 1. The molecule has 0 aromatic heterocycles. The Hall–Kier alpha value is -1.64. The Kier molecular flexibility index (Phi) is 7.13. The zero-order valence-electron chi connectivity index (χ0n) is 11.8. The van der Waals surface area contributed by atoms with Crippen LogP contribution in [0.3, 0.4) is 0 Å². The monoisotopic (exact) mass is 402 g/mol. The topological polar surface area (TPSA) is 77.3 Å². The third kappa shape index (κ3) is 5.00. The number of carboxylic acid groups (broad SMARTS) is 1. The number of rotatable bonds is 3. The van der Waals surface area contributed by atoms with Gasteiger partial charge in [-0.25, -0.2) is 9.80 Å². The maximum Gasteiger partial charge on any atom is 0.356 e. The second-order valence-corrected chi connectivity index (χ2v) is 4.48. The Morgan fingerprint density at radius 1 is 1.33 bits per heavy atom. The lowest BCUT2D eigenvalue weighted by Crippen LogP contribution is -2.37. The summed E-state index contributed by atoms with van der Waals surface area (Å²) < 4.78 is 0. The van der Waals surface area contributed by atoms with E-state index in [1.54, 1.807) is 31.3 Å². The maximum atomic E-state index is 11.4. The van der Waals surface area contributed by atoms with Gasteiger partial charge in [-0.2, -0.15) is 5.10 Å². The first-order valence-corrected chi connectivity index (χ1v) is 6.58. The van der Waals surface area contributed by atoms with Crippen molar-refractivity contribution in [2.45, 2.75) is 12.8 Å². The van der Waals surface area contributed by atoms with Crippen molar-refractivity contribution in [3.8, 4) is 0 Å². The lowest BCUT2D eigenvalue weighted by molar-refractivity contribution is -0.129. The van der Waals surface area contributed by atoms with E-state index in [0.29, 0.717) is 11.5 Å². The summed E-state index contributed by atoms with van der Waals surface area (Å²) in [5.41, 5.74) is 0.572. The molecule has 114 valence electrons. The fourth-order valence-corrected chi connectivity index (χ4v) is 1.91. The maximum absolute atomic E-state index is 11.4. The molecule has 0 saturated heterocycles. The molecule has 0 atom stereocenters. The van der Waals surface area contributed by atoms with Crippen molar-refractivity contribution in [2.24, 2.45) is 10.1 Å². The van der Waals surface area contributed by atoms with Crippen molar-refractivity contribution >= 4 is 41.6 Å². The minimum Gasteiger partial charge on any atom is -0.476 e. The smallest absolute Gasteiger partial charge is 0.356 e. The van der Waals surface area contributed by atoms with Gasteiger partial charge in [0.1, 0.15) is 0 Å². The van der Waals surface area contributed by atoms with Gasteiger partial charge in [-0.15, -0.1) is 24.0 Å². The van der Waals surface area contributed by atoms with Gasteiger partial charge in [-0.1, -0.05) is 30.3 Å².